The van der Waals surface area contributed by atoms with E-state index in [9.17, 15) is 4.79 Å². The van der Waals surface area contributed by atoms with Crippen molar-refractivity contribution in [3.63, 3.8) is 0 Å². The van der Waals surface area contributed by atoms with Crippen LogP contribution in [0.2, 0.25) is 0 Å². The lowest BCUT2D eigenvalue weighted by Crippen LogP contribution is -2.45. The summed E-state index contributed by atoms with van der Waals surface area (Å²) in [6, 6.07) is 0. The summed E-state index contributed by atoms with van der Waals surface area (Å²) < 4.78 is 11.2. The highest BCUT2D eigenvalue weighted by Gasteiger charge is 2.37. The fraction of sp³-hybridized carbons (Fsp3) is 0.958. The Morgan fingerprint density at radius 3 is 1.64 bits per heavy atom. The molecule has 1 aliphatic rings. The molecule has 0 spiro atoms. The number of unbranched alkanes of at least 4 members (excludes halogenated alkanes) is 15. The maximum atomic E-state index is 11.6. The molecule has 0 bridgehead atoms. The second kappa shape index (κ2) is 17.3. The van der Waals surface area contributed by atoms with Gasteiger partial charge in [-0.15, -0.1) is 0 Å². The van der Waals surface area contributed by atoms with Crippen molar-refractivity contribution in [1.29, 1.82) is 0 Å². The molecule has 1 aliphatic heterocycles. The Hall–Kier alpha value is -0.610. The van der Waals surface area contributed by atoms with Gasteiger partial charge in [-0.05, 0) is 6.42 Å². The topological polar surface area (TPSA) is 47.6 Å². The first-order valence-electron chi connectivity index (χ1n) is 12.3. The average molecular weight is 398 g/mol. The molecule has 4 heteroatoms. The molecule has 1 rings (SSSR count). The van der Waals surface area contributed by atoms with Crippen molar-refractivity contribution in [3.05, 3.63) is 0 Å². The van der Waals surface area contributed by atoms with Crippen LogP contribution in [0.15, 0.2) is 0 Å². The fourth-order valence-corrected chi connectivity index (χ4v) is 3.95. The molecule has 0 aromatic heterocycles. The molecule has 166 valence electrons. The van der Waals surface area contributed by atoms with Crippen molar-refractivity contribution in [2.24, 2.45) is 0 Å². The highest BCUT2D eigenvalue weighted by Crippen LogP contribution is 2.23. The summed E-state index contributed by atoms with van der Waals surface area (Å²) in [6.45, 7) is 5.48. The highest BCUT2D eigenvalue weighted by atomic mass is 16.7. The van der Waals surface area contributed by atoms with Crippen molar-refractivity contribution >= 4 is 5.97 Å². The molecule has 0 amide bonds. The number of hydrogen-bond acceptors (Lipinski definition) is 4. The first-order valence-corrected chi connectivity index (χ1v) is 12.3. The van der Waals surface area contributed by atoms with E-state index in [4.69, 9.17) is 9.47 Å². The zero-order chi connectivity index (χ0) is 20.3. The van der Waals surface area contributed by atoms with Crippen LogP contribution in [0.3, 0.4) is 0 Å². The van der Waals surface area contributed by atoms with Gasteiger partial charge in [-0.25, -0.2) is 0 Å². The summed E-state index contributed by atoms with van der Waals surface area (Å²) in [7, 11) is 0. The third-order valence-corrected chi connectivity index (χ3v) is 5.76. The largest absolute Gasteiger partial charge is 0.419 e. The molecule has 1 N–H and O–H groups in total. The van der Waals surface area contributed by atoms with Crippen LogP contribution in [-0.2, 0) is 14.3 Å². The van der Waals surface area contributed by atoms with E-state index in [-0.39, 0.29) is 5.97 Å². The lowest BCUT2D eigenvalue weighted by Gasteiger charge is -2.27. The molecule has 0 radical (unpaired) electrons. The van der Waals surface area contributed by atoms with Gasteiger partial charge in [-0.1, -0.05) is 110 Å². The van der Waals surface area contributed by atoms with Crippen molar-refractivity contribution in [2.45, 2.75) is 135 Å². The summed E-state index contributed by atoms with van der Waals surface area (Å²) in [4.78, 5) is 11.6. The van der Waals surface area contributed by atoms with E-state index < -0.39 is 5.91 Å². The van der Waals surface area contributed by atoms with E-state index in [1.165, 1.54) is 96.3 Å². The third kappa shape index (κ3) is 12.8. The molecule has 1 fully saturated rings. The number of esters is 1. The smallest absolute Gasteiger partial charge is 0.309 e. The van der Waals surface area contributed by atoms with Crippen LogP contribution in [0, 0.1) is 0 Å². The minimum atomic E-state index is -0.844. The van der Waals surface area contributed by atoms with Crippen LogP contribution >= 0.6 is 0 Å². The Kier molecular flexibility index (Phi) is 15.7. The highest BCUT2D eigenvalue weighted by molar-refractivity contribution is 5.69. The van der Waals surface area contributed by atoms with Gasteiger partial charge in [0, 0.05) is 19.4 Å². The number of rotatable bonds is 19. The molecular formula is C24H47NO3. The number of carbonyl (C=O) groups excluding carboxylic acids is 1. The van der Waals surface area contributed by atoms with Crippen LogP contribution in [0.5, 0.6) is 0 Å². The molecular weight excluding hydrogens is 350 g/mol. The standard InChI is InChI=1S/C24H47NO3/c1-3-5-6-7-8-9-10-11-12-13-14-15-16-17-18-19-20-24(25-21-22-27-24)28-23(26)4-2/h25H,3-22H2,1-2H3. The molecule has 0 aromatic rings. The maximum absolute atomic E-state index is 11.6. The Labute approximate surface area is 174 Å². The number of ether oxygens (including phenoxy) is 2. The van der Waals surface area contributed by atoms with Crippen LogP contribution in [0.1, 0.15) is 129 Å². The summed E-state index contributed by atoms with van der Waals surface area (Å²) in [6.07, 6.45) is 23.0. The van der Waals surface area contributed by atoms with Crippen molar-refractivity contribution in [3.8, 4) is 0 Å². The minimum absolute atomic E-state index is 0.189. The van der Waals surface area contributed by atoms with Gasteiger partial charge in [0.05, 0.1) is 6.61 Å². The molecule has 1 heterocycles. The normalized spacial score (nSPS) is 19.2. The molecule has 0 aromatic carbocycles. The van der Waals surface area contributed by atoms with E-state index in [1.807, 2.05) is 6.92 Å². The van der Waals surface area contributed by atoms with Gasteiger partial charge < -0.3 is 9.47 Å². The van der Waals surface area contributed by atoms with E-state index in [0.29, 0.717) is 13.0 Å². The molecule has 1 unspecified atom stereocenters. The third-order valence-electron chi connectivity index (χ3n) is 5.76. The first-order chi connectivity index (χ1) is 13.7. The summed E-state index contributed by atoms with van der Waals surface area (Å²) in [5.74, 6) is -1.03. The molecule has 28 heavy (non-hydrogen) atoms. The van der Waals surface area contributed by atoms with Gasteiger partial charge in [0.1, 0.15) is 0 Å². The van der Waals surface area contributed by atoms with Crippen molar-refractivity contribution < 1.29 is 14.3 Å². The lowest BCUT2D eigenvalue weighted by atomic mass is 10.0. The van der Waals surface area contributed by atoms with E-state index in [0.717, 1.165) is 19.4 Å². The van der Waals surface area contributed by atoms with Crippen molar-refractivity contribution in [2.75, 3.05) is 13.2 Å². The van der Waals surface area contributed by atoms with Crippen LogP contribution < -0.4 is 5.32 Å². The average Bonchev–Trinajstić information content (AvgIpc) is 3.16. The predicted octanol–water partition coefficient (Wildman–Crippen LogP) is 6.86. The first kappa shape index (κ1) is 25.4. The van der Waals surface area contributed by atoms with Crippen LogP contribution in [-0.4, -0.2) is 25.0 Å². The summed E-state index contributed by atoms with van der Waals surface area (Å²) in [5, 5.41) is 3.22. The van der Waals surface area contributed by atoms with E-state index >= 15 is 0 Å². The zero-order valence-electron chi connectivity index (χ0n) is 18.9. The van der Waals surface area contributed by atoms with Gasteiger partial charge in [0.25, 0.3) is 5.91 Å². The van der Waals surface area contributed by atoms with Gasteiger partial charge >= 0.3 is 5.97 Å². The quantitative estimate of drug-likeness (QED) is 0.191. The van der Waals surface area contributed by atoms with Gasteiger partial charge in [0.2, 0.25) is 0 Å². The number of hydrogen-bond donors (Lipinski definition) is 1. The Balaban J connectivity index is 1.85. The SMILES string of the molecule is CCCCCCCCCCCCCCCCCCC1(OC(=O)CC)NCCO1. The van der Waals surface area contributed by atoms with Gasteiger partial charge in [-0.3, -0.25) is 10.1 Å². The van der Waals surface area contributed by atoms with Crippen LogP contribution in [0.4, 0.5) is 0 Å². The number of nitrogens with one attached hydrogen (secondary N) is 1. The van der Waals surface area contributed by atoms with Gasteiger partial charge in [-0.2, -0.15) is 0 Å². The lowest BCUT2D eigenvalue weighted by molar-refractivity contribution is -0.225. The van der Waals surface area contributed by atoms with Crippen molar-refractivity contribution in [1.82, 2.24) is 5.32 Å². The van der Waals surface area contributed by atoms with Gasteiger partial charge in [0.15, 0.2) is 0 Å². The second-order valence-corrected chi connectivity index (χ2v) is 8.41. The van der Waals surface area contributed by atoms with E-state index in [2.05, 4.69) is 12.2 Å². The maximum Gasteiger partial charge on any atom is 0.309 e. The second-order valence-electron chi connectivity index (χ2n) is 8.41. The van der Waals surface area contributed by atoms with Crippen LogP contribution in [0.25, 0.3) is 0 Å². The minimum Gasteiger partial charge on any atom is -0.419 e. The zero-order valence-corrected chi connectivity index (χ0v) is 18.9. The Morgan fingerprint density at radius 2 is 1.25 bits per heavy atom. The fourth-order valence-electron chi connectivity index (χ4n) is 3.95. The molecule has 1 atom stereocenters. The molecule has 0 aliphatic carbocycles. The molecule has 0 saturated carbocycles. The van der Waals surface area contributed by atoms with E-state index in [1.54, 1.807) is 0 Å². The predicted molar refractivity (Wildman–Crippen MR) is 117 cm³/mol. The monoisotopic (exact) mass is 397 g/mol. The number of carbonyl (C=O) groups is 1. The summed E-state index contributed by atoms with van der Waals surface area (Å²) >= 11 is 0. The molecule has 1 saturated heterocycles. The Morgan fingerprint density at radius 1 is 0.786 bits per heavy atom. The summed E-state index contributed by atoms with van der Waals surface area (Å²) in [5.41, 5.74) is 0. The molecule has 4 nitrogen and oxygen atoms in total. The Bertz CT molecular complexity index is 367.